The number of fused-ring (bicyclic) bond motifs is 1. The highest BCUT2D eigenvalue weighted by Gasteiger charge is 2.33. The molecule has 2 aromatic carbocycles. The lowest BCUT2D eigenvalue weighted by atomic mass is 10.1. The first kappa shape index (κ1) is 22.5. The standard InChI is InChI=1S/C22H22F3NO5/c23-22(24,25)31-16-11-9-15(10-12-16)26-14-18-17(21(26)29)6-5-7-19(18)30-13-4-2-1-3-8-20(27)28/h5-7,9-12H,1-4,8,13-14H2,(H,27,28). The van der Waals surface area contributed by atoms with Gasteiger partial charge in [0, 0.05) is 23.2 Å². The molecule has 0 saturated heterocycles. The molecule has 0 saturated carbocycles. The van der Waals surface area contributed by atoms with Crippen LogP contribution in [-0.2, 0) is 11.3 Å². The van der Waals surface area contributed by atoms with E-state index in [2.05, 4.69) is 4.74 Å². The second-order valence-electron chi connectivity index (χ2n) is 7.12. The minimum absolute atomic E-state index is 0.161. The van der Waals surface area contributed by atoms with Crippen LogP contribution in [-0.4, -0.2) is 30.0 Å². The van der Waals surface area contributed by atoms with Crippen molar-refractivity contribution >= 4 is 17.6 Å². The van der Waals surface area contributed by atoms with Crippen LogP contribution in [0.5, 0.6) is 11.5 Å². The van der Waals surface area contributed by atoms with Crippen LogP contribution in [0.2, 0.25) is 0 Å². The molecule has 1 N–H and O–H groups in total. The zero-order valence-electron chi connectivity index (χ0n) is 16.7. The molecule has 0 bridgehead atoms. The molecule has 1 amide bonds. The normalized spacial score (nSPS) is 13.3. The number of hydrogen-bond acceptors (Lipinski definition) is 4. The van der Waals surface area contributed by atoms with Crippen LogP contribution in [0.1, 0.15) is 48.0 Å². The number of ether oxygens (including phenoxy) is 2. The van der Waals surface area contributed by atoms with Gasteiger partial charge in [0.15, 0.2) is 0 Å². The molecule has 0 unspecified atom stereocenters. The maximum Gasteiger partial charge on any atom is 0.573 e. The summed E-state index contributed by atoms with van der Waals surface area (Å²) in [5, 5.41) is 8.63. The van der Waals surface area contributed by atoms with Crippen LogP contribution < -0.4 is 14.4 Å². The Balaban J connectivity index is 1.59. The third-order valence-electron chi connectivity index (χ3n) is 4.85. The van der Waals surface area contributed by atoms with Crippen LogP contribution in [0.4, 0.5) is 18.9 Å². The van der Waals surface area contributed by atoms with Crippen molar-refractivity contribution in [1.29, 1.82) is 0 Å². The number of carbonyl (C=O) groups is 2. The van der Waals surface area contributed by atoms with E-state index in [9.17, 15) is 22.8 Å². The molecule has 2 aromatic rings. The van der Waals surface area contributed by atoms with Crippen molar-refractivity contribution in [2.75, 3.05) is 11.5 Å². The smallest absolute Gasteiger partial charge is 0.493 e. The van der Waals surface area contributed by atoms with Crippen LogP contribution in [0.3, 0.4) is 0 Å². The van der Waals surface area contributed by atoms with Gasteiger partial charge in [0.2, 0.25) is 0 Å². The van der Waals surface area contributed by atoms with E-state index in [4.69, 9.17) is 9.84 Å². The first-order valence-corrected chi connectivity index (χ1v) is 9.89. The van der Waals surface area contributed by atoms with Crippen molar-refractivity contribution in [3.8, 4) is 11.5 Å². The molecule has 1 heterocycles. The number of alkyl halides is 3. The molecule has 0 aromatic heterocycles. The Bertz CT molecular complexity index is 928. The number of hydrogen-bond donors (Lipinski definition) is 1. The highest BCUT2D eigenvalue weighted by atomic mass is 19.4. The number of anilines is 1. The number of halogens is 3. The molecule has 1 aliphatic rings. The fraction of sp³-hybridized carbons (Fsp3) is 0.364. The fourth-order valence-electron chi connectivity index (χ4n) is 3.39. The van der Waals surface area contributed by atoms with Gasteiger partial charge in [-0.1, -0.05) is 18.9 Å². The van der Waals surface area contributed by atoms with Gasteiger partial charge in [0.25, 0.3) is 5.91 Å². The summed E-state index contributed by atoms with van der Waals surface area (Å²) in [4.78, 5) is 24.8. The lowest BCUT2D eigenvalue weighted by molar-refractivity contribution is -0.274. The van der Waals surface area contributed by atoms with Crippen molar-refractivity contribution < 1.29 is 37.3 Å². The minimum atomic E-state index is -4.77. The Morgan fingerprint density at radius 2 is 1.74 bits per heavy atom. The van der Waals surface area contributed by atoms with Gasteiger partial charge in [0.1, 0.15) is 11.5 Å². The number of benzene rings is 2. The second-order valence-corrected chi connectivity index (χ2v) is 7.12. The summed E-state index contributed by atoms with van der Waals surface area (Å²) in [7, 11) is 0. The monoisotopic (exact) mass is 437 g/mol. The Labute approximate surface area is 177 Å². The van der Waals surface area contributed by atoms with Gasteiger partial charge in [0.05, 0.1) is 13.2 Å². The SMILES string of the molecule is O=C(O)CCCCCCOc1cccc2c1CN(c1ccc(OC(F)(F)F)cc1)C2=O. The quantitative estimate of drug-likeness (QED) is 0.520. The number of carbonyl (C=O) groups excluding carboxylic acids is 1. The Kier molecular flexibility index (Phi) is 7.04. The zero-order chi connectivity index (χ0) is 22.4. The van der Waals surface area contributed by atoms with Crippen LogP contribution in [0.25, 0.3) is 0 Å². The van der Waals surface area contributed by atoms with Crippen LogP contribution in [0.15, 0.2) is 42.5 Å². The lowest BCUT2D eigenvalue weighted by Crippen LogP contribution is -2.23. The van der Waals surface area contributed by atoms with Gasteiger partial charge in [-0.05, 0) is 49.2 Å². The number of unbranched alkanes of at least 4 members (excludes halogenated alkanes) is 3. The number of nitrogens with zero attached hydrogens (tertiary/aromatic N) is 1. The topological polar surface area (TPSA) is 76.1 Å². The van der Waals surface area contributed by atoms with E-state index < -0.39 is 12.3 Å². The maximum absolute atomic E-state index is 12.8. The van der Waals surface area contributed by atoms with Crippen molar-refractivity contribution in [2.45, 2.75) is 45.0 Å². The first-order chi connectivity index (χ1) is 14.7. The second kappa shape index (κ2) is 9.72. The third-order valence-corrected chi connectivity index (χ3v) is 4.85. The fourth-order valence-corrected chi connectivity index (χ4v) is 3.39. The summed E-state index contributed by atoms with van der Waals surface area (Å²) in [6, 6.07) is 10.3. The molecule has 1 aliphatic heterocycles. The molecule has 0 atom stereocenters. The summed E-state index contributed by atoms with van der Waals surface area (Å²) < 4.78 is 46.7. The lowest BCUT2D eigenvalue weighted by Gasteiger charge is -2.17. The van der Waals surface area contributed by atoms with Gasteiger partial charge < -0.3 is 19.5 Å². The molecular formula is C22H22F3NO5. The molecule has 0 fully saturated rings. The van der Waals surface area contributed by atoms with Crippen LogP contribution in [0, 0.1) is 0 Å². The highest BCUT2D eigenvalue weighted by molar-refractivity contribution is 6.10. The molecule has 9 heteroatoms. The van der Waals surface area contributed by atoms with Gasteiger partial charge in [-0.2, -0.15) is 0 Å². The van der Waals surface area contributed by atoms with Gasteiger partial charge in [-0.3, -0.25) is 9.59 Å². The summed E-state index contributed by atoms with van der Waals surface area (Å²) >= 11 is 0. The third kappa shape index (κ3) is 6.13. The average Bonchev–Trinajstić information content (AvgIpc) is 3.04. The van der Waals surface area contributed by atoms with Gasteiger partial charge >= 0.3 is 12.3 Å². The molecule has 0 aliphatic carbocycles. The first-order valence-electron chi connectivity index (χ1n) is 9.89. The number of aliphatic carboxylic acids is 1. The van der Waals surface area contributed by atoms with E-state index in [1.54, 1.807) is 18.2 Å². The summed E-state index contributed by atoms with van der Waals surface area (Å²) in [5.41, 5.74) is 1.68. The Hall–Kier alpha value is -3.23. The van der Waals surface area contributed by atoms with E-state index >= 15 is 0 Å². The number of carboxylic acids is 1. The Morgan fingerprint density at radius 1 is 1.03 bits per heavy atom. The van der Waals surface area contributed by atoms with Crippen molar-refractivity contribution in [1.82, 2.24) is 0 Å². The molecule has 0 radical (unpaired) electrons. The Morgan fingerprint density at radius 3 is 2.42 bits per heavy atom. The highest BCUT2D eigenvalue weighted by Crippen LogP contribution is 2.35. The molecular weight excluding hydrogens is 415 g/mol. The van der Waals surface area contributed by atoms with E-state index in [1.807, 2.05) is 0 Å². The predicted molar refractivity (Wildman–Crippen MR) is 106 cm³/mol. The van der Waals surface area contributed by atoms with Crippen LogP contribution >= 0.6 is 0 Å². The predicted octanol–water partition coefficient (Wildman–Crippen LogP) is 5.16. The number of amides is 1. The maximum atomic E-state index is 12.8. The number of carboxylic acid groups (broad SMARTS) is 1. The van der Waals surface area contributed by atoms with E-state index in [-0.39, 0.29) is 24.6 Å². The molecule has 31 heavy (non-hydrogen) atoms. The van der Waals surface area contributed by atoms with E-state index in [0.717, 1.165) is 24.8 Å². The minimum Gasteiger partial charge on any atom is -0.493 e. The molecule has 6 nitrogen and oxygen atoms in total. The molecule has 3 rings (SSSR count). The van der Waals surface area contributed by atoms with Gasteiger partial charge in [-0.25, -0.2) is 0 Å². The van der Waals surface area contributed by atoms with Gasteiger partial charge in [-0.15, -0.1) is 13.2 Å². The van der Waals surface area contributed by atoms with Crippen molar-refractivity contribution in [2.24, 2.45) is 0 Å². The molecule has 0 spiro atoms. The largest absolute Gasteiger partial charge is 0.573 e. The summed E-state index contributed by atoms with van der Waals surface area (Å²) in [5.74, 6) is -0.810. The number of rotatable bonds is 10. The van der Waals surface area contributed by atoms with Crippen molar-refractivity contribution in [3.63, 3.8) is 0 Å². The summed E-state index contributed by atoms with van der Waals surface area (Å²) in [6.45, 7) is 0.698. The van der Waals surface area contributed by atoms with Crippen molar-refractivity contribution in [3.05, 3.63) is 53.6 Å². The van der Waals surface area contributed by atoms with E-state index in [1.165, 1.54) is 29.2 Å². The summed E-state index contributed by atoms with van der Waals surface area (Å²) in [6.07, 6.45) is -1.56. The zero-order valence-corrected chi connectivity index (χ0v) is 16.7. The van der Waals surface area contributed by atoms with E-state index in [0.29, 0.717) is 30.0 Å². The molecule has 166 valence electrons. The average molecular weight is 437 g/mol.